The lowest BCUT2D eigenvalue weighted by molar-refractivity contribution is 1.08. The molecule has 0 unspecified atom stereocenters. The summed E-state index contributed by atoms with van der Waals surface area (Å²) in [6.07, 6.45) is 2.73. The van der Waals surface area contributed by atoms with Crippen molar-refractivity contribution in [2.75, 3.05) is 0 Å². The highest BCUT2D eigenvalue weighted by Crippen LogP contribution is 2.05. The van der Waals surface area contributed by atoms with E-state index in [9.17, 15) is 0 Å². The third-order valence-electron chi connectivity index (χ3n) is 1.32. The lowest BCUT2D eigenvalue weighted by Gasteiger charge is -1.92. The summed E-state index contributed by atoms with van der Waals surface area (Å²) in [7, 11) is 0. The van der Waals surface area contributed by atoms with E-state index in [0.29, 0.717) is 5.57 Å². The van der Waals surface area contributed by atoms with Gasteiger partial charge in [0, 0.05) is 0 Å². The van der Waals surface area contributed by atoms with Crippen LogP contribution in [0, 0.1) is 51.2 Å². The largest absolute Gasteiger partial charge is 0.197 e. The van der Waals surface area contributed by atoms with E-state index in [1.807, 2.05) is 0 Å². The second-order valence-corrected chi connectivity index (χ2v) is 2.43. The van der Waals surface area contributed by atoms with Gasteiger partial charge in [0.05, 0.1) is 12.1 Å². The summed E-state index contributed by atoms with van der Waals surface area (Å²) in [4.78, 5) is 0. The molecule has 0 heterocycles. The number of hydrogen-bond donors (Lipinski definition) is 0. The van der Waals surface area contributed by atoms with Crippen LogP contribution in [-0.4, -0.2) is 0 Å². The SMILES string of the molecule is CC(C=C(C#N)C#N)=CC(C#N)C#N. The van der Waals surface area contributed by atoms with E-state index in [4.69, 9.17) is 21.0 Å². The van der Waals surface area contributed by atoms with E-state index >= 15 is 0 Å². The van der Waals surface area contributed by atoms with Crippen molar-refractivity contribution in [2.24, 2.45) is 5.92 Å². The van der Waals surface area contributed by atoms with Crippen LogP contribution < -0.4 is 0 Å². The standard InChI is InChI=1S/C10H6N4/c1-8(2-9(4-11)5-12)3-10(6-13)7-14/h2-3,9H,1H3. The average Bonchev–Trinajstić information content (AvgIpc) is 2.22. The number of rotatable bonds is 2. The van der Waals surface area contributed by atoms with Crippen molar-refractivity contribution in [3.05, 3.63) is 23.3 Å². The van der Waals surface area contributed by atoms with Gasteiger partial charge in [-0.3, -0.25) is 0 Å². The first kappa shape index (κ1) is 11.4. The van der Waals surface area contributed by atoms with E-state index in [1.165, 1.54) is 12.2 Å². The molecule has 0 amide bonds. The molecule has 0 saturated carbocycles. The molecule has 0 bridgehead atoms. The van der Waals surface area contributed by atoms with Crippen LogP contribution in [0.3, 0.4) is 0 Å². The van der Waals surface area contributed by atoms with Gasteiger partial charge < -0.3 is 0 Å². The first-order valence-electron chi connectivity index (χ1n) is 3.67. The molecule has 66 valence electrons. The third-order valence-corrected chi connectivity index (χ3v) is 1.32. The third kappa shape index (κ3) is 3.72. The molecule has 0 N–H and O–H groups in total. The lowest BCUT2D eigenvalue weighted by atomic mass is 10.1. The lowest BCUT2D eigenvalue weighted by Crippen LogP contribution is -1.87. The Bertz CT molecular complexity index is 399. The molecule has 0 fully saturated rings. The highest BCUT2D eigenvalue weighted by Gasteiger charge is 2.00. The Labute approximate surface area is 82.2 Å². The first-order valence-corrected chi connectivity index (χ1v) is 3.67. The van der Waals surface area contributed by atoms with Crippen LogP contribution >= 0.6 is 0 Å². The second-order valence-electron chi connectivity index (χ2n) is 2.43. The summed E-state index contributed by atoms with van der Waals surface area (Å²) in [6.45, 7) is 1.62. The van der Waals surface area contributed by atoms with Crippen LogP contribution in [0.4, 0.5) is 0 Å². The van der Waals surface area contributed by atoms with Crippen molar-refractivity contribution in [1.82, 2.24) is 0 Å². The highest BCUT2D eigenvalue weighted by atomic mass is 14.3. The van der Waals surface area contributed by atoms with Gasteiger partial charge in [-0.1, -0.05) is 11.6 Å². The van der Waals surface area contributed by atoms with E-state index in [-0.39, 0.29) is 5.57 Å². The number of nitrogens with zero attached hydrogens (tertiary/aromatic N) is 4. The molecule has 4 heteroatoms. The smallest absolute Gasteiger partial charge is 0.151 e. The van der Waals surface area contributed by atoms with Crippen molar-refractivity contribution in [3.63, 3.8) is 0 Å². The minimum atomic E-state index is -0.843. The molecule has 0 aromatic rings. The fourth-order valence-electron chi connectivity index (χ4n) is 0.732. The fourth-order valence-corrected chi connectivity index (χ4v) is 0.732. The Morgan fingerprint density at radius 2 is 1.57 bits per heavy atom. The van der Waals surface area contributed by atoms with Gasteiger partial charge in [-0.25, -0.2) is 0 Å². The zero-order valence-electron chi connectivity index (χ0n) is 7.52. The molecule has 0 spiro atoms. The summed E-state index contributed by atoms with van der Waals surface area (Å²) in [5, 5.41) is 33.8. The van der Waals surface area contributed by atoms with Crippen molar-refractivity contribution >= 4 is 0 Å². The van der Waals surface area contributed by atoms with Gasteiger partial charge in [0.25, 0.3) is 0 Å². The molecule has 0 aliphatic heterocycles. The van der Waals surface area contributed by atoms with Crippen LogP contribution in [0.15, 0.2) is 23.3 Å². The molecule has 0 atom stereocenters. The maximum Gasteiger partial charge on any atom is 0.151 e. The molecule has 4 nitrogen and oxygen atoms in total. The Morgan fingerprint density at radius 1 is 1.07 bits per heavy atom. The Kier molecular flexibility index (Phi) is 4.91. The Morgan fingerprint density at radius 3 is 1.93 bits per heavy atom. The van der Waals surface area contributed by atoms with Gasteiger partial charge in [0.15, 0.2) is 5.92 Å². The molecule has 0 radical (unpaired) electrons. The van der Waals surface area contributed by atoms with Gasteiger partial charge in [0.1, 0.15) is 17.7 Å². The average molecular weight is 182 g/mol. The first-order chi connectivity index (χ1) is 6.67. The molecule has 14 heavy (non-hydrogen) atoms. The van der Waals surface area contributed by atoms with E-state index in [0.717, 1.165) is 0 Å². The Balaban J connectivity index is 4.87. The van der Waals surface area contributed by atoms with Crippen LogP contribution in [0.1, 0.15) is 6.92 Å². The quantitative estimate of drug-likeness (QED) is 0.478. The molecule has 0 aliphatic rings. The van der Waals surface area contributed by atoms with Crippen molar-refractivity contribution in [3.8, 4) is 24.3 Å². The minimum Gasteiger partial charge on any atom is -0.197 e. The second kappa shape index (κ2) is 6.01. The molecule has 0 aliphatic carbocycles. The van der Waals surface area contributed by atoms with Crippen molar-refractivity contribution < 1.29 is 0 Å². The fraction of sp³-hybridized carbons (Fsp3) is 0.200. The summed E-state index contributed by atoms with van der Waals surface area (Å²) >= 11 is 0. The van der Waals surface area contributed by atoms with Gasteiger partial charge >= 0.3 is 0 Å². The monoisotopic (exact) mass is 182 g/mol. The van der Waals surface area contributed by atoms with E-state index < -0.39 is 5.92 Å². The predicted octanol–water partition coefficient (Wildman–Crippen LogP) is 1.57. The van der Waals surface area contributed by atoms with Gasteiger partial charge in [0.2, 0.25) is 0 Å². The van der Waals surface area contributed by atoms with Crippen LogP contribution in [0.25, 0.3) is 0 Å². The number of hydrogen-bond acceptors (Lipinski definition) is 4. The predicted molar refractivity (Wildman–Crippen MR) is 47.8 cm³/mol. The molecule has 0 aromatic carbocycles. The molecular weight excluding hydrogens is 176 g/mol. The van der Waals surface area contributed by atoms with E-state index in [1.54, 1.807) is 31.2 Å². The molecule has 0 rings (SSSR count). The molecule has 0 saturated heterocycles. The van der Waals surface area contributed by atoms with Gasteiger partial charge in [-0.2, -0.15) is 21.0 Å². The van der Waals surface area contributed by atoms with Crippen LogP contribution in [0.5, 0.6) is 0 Å². The summed E-state index contributed by atoms with van der Waals surface area (Å²) in [6, 6.07) is 6.89. The van der Waals surface area contributed by atoms with Crippen molar-refractivity contribution in [1.29, 1.82) is 21.0 Å². The Hall–Kier alpha value is -2.56. The van der Waals surface area contributed by atoms with E-state index in [2.05, 4.69) is 0 Å². The van der Waals surface area contributed by atoms with Crippen LogP contribution in [-0.2, 0) is 0 Å². The van der Waals surface area contributed by atoms with Gasteiger partial charge in [-0.05, 0) is 13.0 Å². The maximum atomic E-state index is 8.46. The molecule has 0 aromatic heterocycles. The number of nitriles is 4. The summed E-state index contributed by atoms with van der Waals surface area (Å²) in [5.74, 6) is -0.843. The summed E-state index contributed by atoms with van der Waals surface area (Å²) < 4.78 is 0. The summed E-state index contributed by atoms with van der Waals surface area (Å²) in [5.41, 5.74) is 0.504. The number of allylic oxidation sites excluding steroid dienone is 4. The van der Waals surface area contributed by atoms with Gasteiger partial charge in [-0.15, -0.1) is 0 Å². The zero-order chi connectivity index (χ0) is 11.0. The van der Waals surface area contributed by atoms with Crippen LogP contribution in [0.2, 0.25) is 0 Å². The van der Waals surface area contributed by atoms with Crippen molar-refractivity contribution in [2.45, 2.75) is 6.92 Å². The maximum absolute atomic E-state index is 8.46. The minimum absolute atomic E-state index is 0.0478. The molecular formula is C10H6N4. The highest BCUT2D eigenvalue weighted by molar-refractivity contribution is 5.41. The topological polar surface area (TPSA) is 95.2 Å². The normalized spacial score (nSPS) is 9.14. The zero-order valence-corrected chi connectivity index (χ0v) is 7.52.